The van der Waals surface area contributed by atoms with Crippen molar-refractivity contribution in [2.45, 2.75) is 13.5 Å². The maximum Gasteiger partial charge on any atom is 0.255 e. The van der Waals surface area contributed by atoms with Gasteiger partial charge in [-0.1, -0.05) is 51.8 Å². The third-order valence-corrected chi connectivity index (χ3v) is 4.15. The van der Waals surface area contributed by atoms with E-state index in [1.54, 1.807) is 24.1 Å². The Bertz CT molecular complexity index is 642. The van der Waals surface area contributed by atoms with E-state index in [2.05, 4.69) is 15.9 Å². The minimum atomic E-state index is -0.0780. The summed E-state index contributed by atoms with van der Waals surface area (Å²) < 4.78 is 0.995. The van der Waals surface area contributed by atoms with Crippen molar-refractivity contribution in [2.75, 3.05) is 7.05 Å². The number of hydrogen-bond acceptors (Lipinski definition) is 1. The molecule has 0 saturated carbocycles. The SMILES string of the molecule is Cc1ccc(C(=O)N(C)Cc2ccccc2Br)c(Cl)c1. The summed E-state index contributed by atoms with van der Waals surface area (Å²) in [6, 6.07) is 13.3. The van der Waals surface area contributed by atoms with E-state index in [1.165, 1.54) is 0 Å². The average molecular weight is 353 g/mol. The molecule has 0 heterocycles. The predicted octanol–water partition coefficient (Wildman–Crippen LogP) is 4.68. The Morgan fingerprint density at radius 1 is 1.25 bits per heavy atom. The second-order valence-electron chi connectivity index (χ2n) is 4.74. The lowest BCUT2D eigenvalue weighted by atomic mass is 10.1. The van der Waals surface area contributed by atoms with E-state index < -0.39 is 0 Å². The molecule has 0 unspecified atom stereocenters. The van der Waals surface area contributed by atoms with Crippen LogP contribution in [-0.2, 0) is 6.54 Å². The second kappa shape index (κ2) is 6.42. The highest BCUT2D eigenvalue weighted by molar-refractivity contribution is 9.10. The van der Waals surface area contributed by atoms with E-state index in [4.69, 9.17) is 11.6 Å². The Morgan fingerprint density at radius 3 is 2.60 bits per heavy atom. The zero-order valence-corrected chi connectivity index (χ0v) is 13.7. The summed E-state index contributed by atoms with van der Waals surface area (Å²) in [4.78, 5) is 14.1. The molecule has 0 aliphatic heterocycles. The summed E-state index contributed by atoms with van der Waals surface area (Å²) >= 11 is 9.64. The van der Waals surface area contributed by atoms with Crippen LogP contribution in [-0.4, -0.2) is 17.9 Å². The Labute approximate surface area is 132 Å². The first-order valence-corrected chi connectivity index (χ1v) is 7.41. The van der Waals surface area contributed by atoms with E-state index >= 15 is 0 Å². The van der Waals surface area contributed by atoms with Gasteiger partial charge in [-0.05, 0) is 36.2 Å². The van der Waals surface area contributed by atoms with Crippen molar-refractivity contribution < 1.29 is 4.79 Å². The smallest absolute Gasteiger partial charge is 0.255 e. The Morgan fingerprint density at radius 2 is 1.95 bits per heavy atom. The Kier molecular flexibility index (Phi) is 4.84. The third kappa shape index (κ3) is 3.41. The molecule has 2 rings (SSSR count). The van der Waals surface area contributed by atoms with Crippen LogP contribution >= 0.6 is 27.5 Å². The molecule has 0 bridgehead atoms. The van der Waals surface area contributed by atoms with E-state index in [-0.39, 0.29) is 5.91 Å². The van der Waals surface area contributed by atoms with Gasteiger partial charge in [-0.15, -0.1) is 0 Å². The highest BCUT2D eigenvalue weighted by Crippen LogP contribution is 2.21. The van der Waals surface area contributed by atoms with Crippen LogP contribution in [0.3, 0.4) is 0 Å². The van der Waals surface area contributed by atoms with Crippen LogP contribution in [0.25, 0.3) is 0 Å². The highest BCUT2D eigenvalue weighted by atomic mass is 79.9. The van der Waals surface area contributed by atoms with Crippen molar-refractivity contribution >= 4 is 33.4 Å². The van der Waals surface area contributed by atoms with Gasteiger partial charge in [-0.2, -0.15) is 0 Å². The number of halogens is 2. The minimum absolute atomic E-state index is 0.0780. The van der Waals surface area contributed by atoms with Crippen LogP contribution in [0.2, 0.25) is 5.02 Å². The van der Waals surface area contributed by atoms with Crippen molar-refractivity contribution in [1.29, 1.82) is 0 Å². The number of carbonyl (C=O) groups is 1. The summed E-state index contributed by atoms with van der Waals surface area (Å²) in [7, 11) is 1.78. The summed E-state index contributed by atoms with van der Waals surface area (Å²) in [6.45, 7) is 2.48. The fourth-order valence-electron chi connectivity index (χ4n) is 1.95. The molecule has 4 heteroatoms. The van der Waals surface area contributed by atoms with Crippen LogP contribution in [0.15, 0.2) is 46.9 Å². The monoisotopic (exact) mass is 351 g/mol. The molecule has 0 radical (unpaired) electrons. The molecule has 0 aliphatic carbocycles. The van der Waals surface area contributed by atoms with Gasteiger partial charge in [0.2, 0.25) is 0 Å². The van der Waals surface area contributed by atoms with E-state index in [0.29, 0.717) is 17.1 Å². The molecule has 0 fully saturated rings. The number of carbonyl (C=O) groups excluding carboxylic acids is 1. The molecule has 0 spiro atoms. The van der Waals surface area contributed by atoms with Crippen molar-refractivity contribution in [1.82, 2.24) is 4.90 Å². The number of nitrogens with zero attached hydrogens (tertiary/aromatic N) is 1. The molecule has 0 saturated heterocycles. The largest absolute Gasteiger partial charge is 0.337 e. The molecular weight excluding hydrogens is 338 g/mol. The van der Waals surface area contributed by atoms with Crippen molar-refractivity contribution in [3.63, 3.8) is 0 Å². The van der Waals surface area contributed by atoms with Crippen molar-refractivity contribution in [2.24, 2.45) is 0 Å². The summed E-state index contributed by atoms with van der Waals surface area (Å²) in [5, 5.41) is 0.494. The molecule has 1 amide bonds. The number of hydrogen-bond donors (Lipinski definition) is 0. The van der Waals surface area contributed by atoms with Gasteiger partial charge in [0, 0.05) is 18.1 Å². The average Bonchev–Trinajstić information content (AvgIpc) is 2.40. The van der Waals surface area contributed by atoms with E-state index in [9.17, 15) is 4.79 Å². The summed E-state index contributed by atoms with van der Waals surface area (Å²) in [6.07, 6.45) is 0. The Balaban J connectivity index is 2.19. The number of benzene rings is 2. The van der Waals surface area contributed by atoms with E-state index in [0.717, 1.165) is 15.6 Å². The van der Waals surface area contributed by atoms with Gasteiger partial charge in [0.1, 0.15) is 0 Å². The topological polar surface area (TPSA) is 20.3 Å². The van der Waals surface area contributed by atoms with E-state index in [1.807, 2.05) is 37.3 Å². The molecule has 2 aromatic rings. The van der Waals surface area contributed by atoms with Gasteiger partial charge in [-0.3, -0.25) is 4.79 Å². The lowest BCUT2D eigenvalue weighted by Crippen LogP contribution is -2.26. The standard InChI is InChI=1S/C16H15BrClNO/c1-11-7-8-13(15(18)9-11)16(20)19(2)10-12-5-3-4-6-14(12)17/h3-9H,10H2,1-2H3. The van der Waals surface area contributed by atoms with Gasteiger partial charge in [-0.25, -0.2) is 0 Å². The molecular formula is C16H15BrClNO. The van der Waals surface area contributed by atoms with Crippen LogP contribution < -0.4 is 0 Å². The zero-order valence-electron chi connectivity index (χ0n) is 11.4. The van der Waals surface area contributed by atoms with Crippen molar-refractivity contribution in [3.8, 4) is 0 Å². The van der Waals surface area contributed by atoms with Crippen molar-refractivity contribution in [3.05, 3.63) is 68.7 Å². The summed E-state index contributed by atoms with van der Waals surface area (Å²) in [5.41, 5.74) is 2.64. The van der Waals surface area contributed by atoms with Crippen LogP contribution in [0.5, 0.6) is 0 Å². The van der Waals surface area contributed by atoms with Gasteiger partial charge in [0.15, 0.2) is 0 Å². The predicted molar refractivity (Wildman–Crippen MR) is 86.1 cm³/mol. The first-order chi connectivity index (χ1) is 9.49. The van der Waals surface area contributed by atoms with Gasteiger partial charge in [0.05, 0.1) is 10.6 Å². The number of rotatable bonds is 3. The fraction of sp³-hybridized carbons (Fsp3) is 0.188. The molecule has 104 valence electrons. The molecule has 0 atom stereocenters. The third-order valence-electron chi connectivity index (χ3n) is 3.07. The number of aryl methyl sites for hydroxylation is 1. The summed E-state index contributed by atoms with van der Waals surface area (Å²) in [5.74, 6) is -0.0780. The normalized spacial score (nSPS) is 10.4. The lowest BCUT2D eigenvalue weighted by molar-refractivity contribution is 0.0785. The molecule has 20 heavy (non-hydrogen) atoms. The second-order valence-corrected chi connectivity index (χ2v) is 6.00. The van der Waals surface area contributed by atoms with Gasteiger partial charge < -0.3 is 4.90 Å². The number of amides is 1. The maximum absolute atomic E-state index is 12.4. The molecule has 2 nitrogen and oxygen atoms in total. The zero-order chi connectivity index (χ0) is 14.7. The lowest BCUT2D eigenvalue weighted by Gasteiger charge is -2.19. The van der Waals surface area contributed by atoms with Crippen LogP contribution in [0, 0.1) is 6.92 Å². The quantitative estimate of drug-likeness (QED) is 0.785. The molecule has 2 aromatic carbocycles. The molecule has 0 N–H and O–H groups in total. The maximum atomic E-state index is 12.4. The first kappa shape index (κ1) is 15.1. The fourth-order valence-corrected chi connectivity index (χ4v) is 2.68. The molecule has 0 aliphatic rings. The molecule has 0 aromatic heterocycles. The minimum Gasteiger partial charge on any atom is -0.337 e. The van der Waals surface area contributed by atoms with Gasteiger partial charge >= 0.3 is 0 Å². The van der Waals surface area contributed by atoms with Gasteiger partial charge in [0.25, 0.3) is 5.91 Å². The highest BCUT2D eigenvalue weighted by Gasteiger charge is 2.16. The first-order valence-electron chi connectivity index (χ1n) is 6.24. The van der Waals surface area contributed by atoms with Crippen LogP contribution in [0.4, 0.5) is 0 Å². The Hall–Kier alpha value is -1.32. The van der Waals surface area contributed by atoms with Crippen LogP contribution in [0.1, 0.15) is 21.5 Å².